The van der Waals surface area contributed by atoms with Crippen molar-refractivity contribution < 1.29 is 16.5 Å². The zero-order valence-corrected chi connectivity index (χ0v) is 24.2. The molecule has 1 aliphatic heterocycles. The molecule has 2 aromatic rings. The number of piperazine rings is 1. The van der Waals surface area contributed by atoms with E-state index in [1.165, 1.54) is 22.3 Å². The predicted molar refractivity (Wildman–Crippen MR) is 149 cm³/mol. The summed E-state index contributed by atoms with van der Waals surface area (Å²) in [5.74, 6) is 2.43. The van der Waals surface area contributed by atoms with Crippen LogP contribution in [0.15, 0.2) is 46.4 Å². The molecular weight excluding hydrogens is 475 g/mol. The Morgan fingerprint density at radius 3 is 1.69 bits per heavy atom. The van der Waals surface area contributed by atoms with Crippen LogP contribution in [0.25, 0.3) is 0 Å². The van der Waals surface area contributed by atoms with E-state index in [4.69, 9.17) is 9.98 Å². The van der Waals surface area contributed by atoms with Crippen LogP contribution in [-0.2, 0) is 27.3 Å². The van der Waals surface area contributed by atoms with Gasteiger partial charge in [0.05, 0.1) is 11.4 Å². The van der Waals surface area contributed by atoms with Crippen LogP contribution in [0.4, 0.5) is 11.4 Å². The predicted octanol–water partition coefficient (Wildman–Crippen LogP) is 7.48. The minimum absolute atomic E-state index is 0. The summed E-state index contributed by atoms with van der Waals surface area (Å²) in [5.41, 5.74) is 7.21. The Morgan fingerprint density at radius 1 is 0.714 bits per heavy atom. The smallest absolute Gasteiger partial charge is 0.169 e. The topological polar surface area (TPSA) is 48.8 Å². The molecule has 0 atom stereocenters. The average Bonchev–Trinajstić information content (AvgIpc) is 2.73. The van der Waals surface area contributed by atoms with Crippen LogP contribution < -0.4 is 10.6 Å². The van der Waals surface area contributed by atoms with Crippen molar-refractivity contribution in [3.63, 3.8) is 0 Å². The fraction of sp³-hybridized carbons (Fsp3) is 0.533. The second-order valence-electron chi connectivity index (χ2n) is 12.1. The number of para-hydroxylation sites is 1. The standard InChI is InChI=1S/C30H44N4.Ni/c1-19(2)22-12-11-13-23(20(3)4)26(22)34-28-27(31-16-17-32-28)33-25-18-21(29(5,6)7)14-15-24(25)30(8,9)10;/h11-15,18-20H,16-17H2,1-10H3,(H,31,33)(H,32,34);. The molecule has 0 spiro atoms. The van der Waals surface area contributed by atoms with Crippen molar-refractivity contribution in [2.24, 2.45) is 9.98 Å². The summed E-state index contributed by atoms with van der Waals surface area (Å²) in [6, 6.07) is 13.3. The molecule has 1 saturated heterocycles. The first kappa shape index (κ1) is 29.1. The number of nitrogens with zero attached hydrogens (tertiary/aromatic N) is 2. The fourth-order valence-electron chi connectivity index (χ4n) is 4.31. The minimum atomic E-state index is -0.00966. The maximum absolute atomic E-state index is 5.21. The third-order valence-electron chi connectivity index (χ3n) is 6.40. The molecular formula is C30H44N4Ni. The van der Waals surface area contributed by atoms with E-state index >= 15 is 0 Å². The molecule has 0 aliphatic carbocycles. The number of amidine groups is 2. The maximum Gasteiger partial charge on any atom is 0.169 e. The van der Waals surface area contributed by atoms with Gasteiger partial charge in [-0.15, -0.1) is 0 Å². The van der Waals surface area contributed by atoms with Crippen LogP contribution in [0.1, 0.15) is 103 Å². The average molecular weight is 519 g/mol. The van der Waals surface area contributed by atoms with E-state index in [2.05, 4.69) is 116 Å². The van der Waals surface area contributed by atoms with Gasteiger partial charge in [-0.25, -0.2) is 9.98 Å². The van der Waals surface area contributed by atoms with Gasteiger partial charge >= 0.3 is 0 Å². The summed E-state index contributed by atoms with van der Waals surface area (Å²) < 4.78 is 0. The Kier molecular flexibility index (Phi) is 9.39. The number of aliphatic imine (C=N–C) groups is 2. The van der Waals surface area contributed by atoms with Gasteiger partial charge in [0.15, 0.2) is 11.7 Å². The first-order valence-electron chi connectivity index (χ1n) is 12.7. The Labute approximate surface area is 223 Å². The van der Waals surface area contributed by atoms with E-state index in [1.54, 1.807) is 0 Å². The molecule has 1 fully saturated rings. The third kappa shape index (κ3) is 6.97. The first-order valence-corrected chi connectivity index (χ1v) is 12.7. The molecule has 194 valence electrons. The van der Waals surface area contributed by atoms with Gasteiger partial charge in [-0.3, -0.25) is 0 Å². The van der Waals surface area contributed by atoms with Crippen molar-refractivity contribution in [2.75, 3.05) is 13.1 Å². The van der Waals surface area contributed by atoms with Crippen LogP contribution in [0.3, 0.4) is 0 Å². The molecule has 0 amide bonds. The summed E-state index contributed by atoms with van der Waals surface area (Å²) in [5, 5.41) is 7.06. The van der Waals surface area contributed by atoms with Gasteiger partial charge in [-0.1, -0.05) is 99.6 Å². The molecule has 35 heavy (non-hydrogen) atoms. The van der Waals surface area contributed by atoms with Gasteiger partial charge in [-0.2, -0.15) is 0 Å². The summed E-state index contributed by atoms with van der Waals surface area (Å²) in [6.07, 6.45) is 0. The number of nitrogens with one attached hydrogen (secondary N) is 2. The van der Waals surface area contributed by atoms with Crippen molar-refractivity contribution in [3.05, 3.63) is 58.7 Å². The van der Waals surface area contributed by atoms with Crippen LogP contribution >= 0.6 is 0 Å². The van der Waals surface area contributed by atoms with Crippen LogP contribution in [0, 0.1) is 0 Å². The first-order chi connectivity index (χ1) is 15.8. The molecule has 0 unspecified atom stereocenters. The number of rotatable bonds is 4. The van der Waals surface area contributed by atoms with Gasteiger partial charge < -0.3 is 10.6 Å². The van der Waals surface area contributed by atoms with E-state index in [-0.39, 0.29) is 27.3 Å². The zero-order chi connectivity index (χ0) is 25.3. The zero-order valence-electron chi connectivity index (χ0n) is 23.2. The fourth-order valence-corrected chi connectivity index (χ4v) is 4.31. The van der Waals surface area contributed by atoms with Crippen LogP contribution in [-0.4, -0.2) is 24.8 Å². The quantitative estimate of drug-likeness (QED) is 0.412. The molecule has 2 N–H and O–H groups in total. The van der Waals surface area contributed by atoms with E-state index in [0.717, 1.165) is 36.1 Å². The van der Waals surface area contributed by atoms with E-state index < -0.39 is 0 Å². The number of hydrogen-bond acceptors (Lipinski definition) is 2. The molecule has 0 aromatic heterocycles. The number of hydrogen-bond donors (Lipinski definition) is 2. The van der Waals surface area contributed by atoms with Gasteiger partial charge in [0.1, 0.15) is 0 Å². The van der Waals surface area contributed by atoms with E-state index in [1.807, 2.05) is 0 Å². The minimum Gasteiger partial charge on any atom is -0.365 e. The normalized spacial score (nSPS) is 16.9. The molecule has 0 bridgehead atoms. The molecule has 3 rings (SSSR count). The van der Waals surface area contributed by atoms with Crippen LogP contribution in [0.5, 0.6) is 0 Å². The van der Waals surface area contributed by atoms with Gasteiger partial charge in [-0.05, 0) is 51.0 Å². The largest absolute Gasteiger partial charge is 0.365 e. The Morgan fingerprint density at radius 2 is 1.23 bits per heavy atom. The number of benzene rings is 2. The molecule has 1 heterocycles. The summed E-state index contributed by atoms with van der Waals surface area (Å²) in [6.45, 7) is 24.1. The van der Waals surface area contributed by atoms with Gasteiger partial charge in [0.25, 0.3) is 0 Å². The van der Waals surface area contributed by atoms with Gasteiger partial charge in [0, 0.05) is 29.6 Å². The third-order valence-corrected chi connectivity index (χ3v) is 6.40. The van der Waals surface area contributed by atoms with Crippen molar-refractivity contribution in [3.8, 4) is 0 Å². The maximum atomic E-state index is 5.21. The summed E-state index contributed by atoms with van der Waals surface area (Å²) in [7, 11) is 0. The van der Waals surface area contributed by atoms with Crippen molar-refractivity contribution in [1.29, 1.82) is 0 Å². The second-order valence-corrected chi connectivity index (χ2v) is 12.1. The van der Waals surface area contributed by atoms with E-state index in [0.29, 0.717) is 11.8 Å². The molecule has 0 saturated carbocycles. The molecule has 5 heteroatoms. The Balaban J connectivity index is 0.00000432. The summed E-state index contributed by atoms with van der Waals surface area (Å²) in [4.78, 5) is 10.4. The van der Waals surface area contributed by atoms with Gasteiger partial charge in [0.2, 0.25) is 0 Å². The molecule has 4 nitrogen and oxygen atoms in total. The van der Waals surface area contributed by atoms with Crippen LogP contribution in [0.2, 0.25) is 0 Å². The molecule has 0 radical (unpaired) electrons. The monoisotopic (exact) mass is 518 g/mol. The summed E-state index contributed by atoms with van der Waals surface area (Å²) >= 11 is 0. The Bertz CT molecular complexity index is 1060. The SMILES string of the molecule is CC(C)c1cccc(C(C)C)c1N=C1NCCNC1=Nc1cc(C(C)(C)C)ccc1C(C)(C)C.[Ni]. The molecule has 1 aliphatic rings. The van der Waals surface area contributed by atoms with Crippen molar-refractivity contribution >= 4 is 23.0 Å². The van der Waals surface area contributed by atoms with Crippen molar-refractivity contribution in [1.82, 2.24) is 10.6 Å². The van der Waals surface area contributed by atoms with Crippen molar-refractivity contribution in [2.45, 2.75) is 91.9 Å². The van der Waals surface area contributed by atoms with E-state index in [9.17, 15) is 0 Å². The Hall–Kier alpha value is -2.13. The molecule has 2 aromatic carbocycles. The second kappa shape index (κ2) is 11.3.